The van der Waals surface area contributed by atoms with Crippen LogP contribution >= 0.6 is 47.2 Å². The molecule has 0 bridgehead atoms. The number of carbonyl (C=O) groups is 1. The number of thiocarbonyl (C=S) groups is 1. The van der Waals surface area contributed by atoms with E-state index >= 15 is 0 Å². The highest BCUT2D eigenvalue weighted by molar-refractivity contribution is 8.27. The van der Waals surface area contributed by atoms with Gasteiger partial charge < -0.3 is 14.4 Å². The number of nitrogens with zero attached hydrogens (tertiary/aromatic N) is 2. The fourth-order valence-electron chi connectivity index (χ4n) is 3.91. The van der Waals surface area contributed by atoms with Crippen molar-refractivity contribution in [3.63, 3.8) is 0 Å². The average Bonchev–Trinajstić information content (AvgIpc) is 3.17. The van der Waals surface area contributed by atoms with Crippen LogP contribution in [0.5, 0.6) is 11.5 Å². The number of methoxy groups -OCH3 is 1. The van der Waals surface area contributed by atoms with Gasteiger partial charge in [-0.2, -0.15) is 0 Å². The van der Waals surface area contributed by atoms with Crippen molar-refractivity contribution in [3.05, 3.63) is 86.7 Å². The fourth-order valence-corrected chi connectivity index (χ4v) is 5.66. The number of thioether (sulfide) groups is 1. The first-order valence-electron chi connectivity index (χ1n) is 11.7. The minimum atomic E-state index is -0.181. The zero-order valence-corrected chi connectivity index (χ0v) is 23.8. The van der Waals surface area contributed by atoms with Crippen LogP contribution in [-0.4, -0.2) is 30.4 Å². The van der Waals surface area contributed by atoms with Crippen molar-refractivity contribution in [1.29, 1.82) is 0 Å². The number of ether oxygens (including phenoxy) is 2. The zero-order valence-electron chi connectivity index (χ0n) is 20.7. The van der Waals surface area contributed by atoms with Crippen LogP contribution in [0.15, 0.2) is 65.6 Å². The number of anilines is 2. The molecule has 0 aromatic heterocycles. The lowest BCUT2D eigenvalue weighted by Gasteiger charge is -2.22. The van der Waals surface area contributed by atoms with E-state index in [2.05, 4.69) is 18.7 Å². The summed E-state index contributed by atoms with van der Waals surface area (Å²) in [5.74, 6) is 1.17. The van der Waals surface area contributed by atoms with Gasteiger partial charge in [-0.15, -0.1) is 0 Å². The van der Waals surface area contributed by atoms with Crippen LogP contribution in [0.3, 0.4) is 0 Å². The van der Waals surface area contributed by atoms with E-state index in [1.807, 2.05) is 42.5 Å². The van der Waals surface area contributed by atoms with Crippen molar-refractivity contribution in [2.24, 2.45) is 0 Å². The standard InChI is InChI=1S/C28H26Cl2N2O3S2/c1-4-31(5-2)22-9-7-18(25(16-22)35-17-19-6-8-20(29)15-24(19)30)14-26-27(33)32(28(36)37-26)21-10-12-23(34-3)13-11-21/h6-16H,4-5,17H2,1-3H3/b26-14-. The third kappa shape index (κ3) is 6.24. The maximum atomic E-state index is 13.3. The van der Waals surface area contributed by atoms with Crippen molar-refractivity contribution in [3.8, 4) is 11.5 Å². The summed E-state index contributed by atoms with van der Waals surface area (Å²) in [5, 5.41) is 1.10. The molecule has 9 heteroatoms. The highest BCUT2D eigenvalue weighted by atomic mass is 35.5. The van der Waals surface area contributed by atoms with E-state index in [0.717, 1.165) is 29.9 Å². The number of hydrogen-bond donors (Lipinski definition) is 0. The second-order valence-electron chi connectivity index (χ2n) is 8.13. The molecule has 1 aliphatic rings. The first kappa shape index (κ1) is 27.3. The van der Waals surface area contributed by atoms with Crippen LogP contribution in [0, 0.1) is 0 Å². The van der Waals surface area contributed by atoms with Crippen LogP contribution in [0.1, 0.15) is 25.0 Å². The predicted octanol–water partition coefficient (Wildman–Crippen LogP) is 7.83. The summed E-state index contributed by atoms with van der Waals surface area (Å²) in [6, 6.07) is 18.5. The number of benzene rings is 3. The zero-order chi connectivity index (χ0) is 26.5. The molecule has 0 spiro atoms. The van der Waals surface area contributed by atoms with Crippen molar-refractivity contribution < 1.29 is 14.3 Å². The van der Waals surface area contributed by atoms with Crippen LogP contribution < -0.4 is 19.3 Å². The molecule has 0 aliphatic carbocycles. The molecule has 0 unspecified atom stereocenters. The SMILES string of the molecule is CCN(CC)c1ccc(/C=C2\SC(=S)N(c3ccc(OC)cc3)C2=O)c(OCc2ccc(Cl)cc2Cl)c1. The highest BCUT2D eigenvalue weighted by Crippen LogP contribution is 2.38. The first-order valence-corrected chi connectivity index (χ1v) is 13.7. The second kappa shape index (κ2) is 12.2. The van der Waals surface area contributed by atoms with E-state index in [9.17, 15) is 4.79 Å². The van der Waals surface area contributed by atoms with Crippen molar-refractivity contribution in [2.75, 3.05) is 30.0 Å². The summed E-state index contributed by atoms with van der Waals surface area (Å²) in [5.41, 5.74) is 3.31. The number of rotatable bonds is 9. The number of amides is 1. The van der Waals surface area contributed by atoms with Gasteiger partial charge in [0, 0.05) is 46.0 Å². The molecular weight excluding hydrogens is 547 g/mol. The predicted molar refractivity (Wildman–Crippen MR) is 159 cm³/mol. The van der Waals surface area contributed by atoms with E-state index in [4.69, 9.17) is 44.9 Å². The Hall–Kier alpha value is -2.71. The minimum Gasteiger partial charge on any atom is -0.497 e. The van der Waals surface area contributed by atoms with E-state index in [1.54, 1.807) is 31.4 Å². The molecular formula is C28H26Cl2N2O3S2. The van der Waals surface area contributed by atoms with Crippen LogP contribution in [0.25, 0.3) is 6.08 Å². The topological polar surface area (TPSA) is 42.0 Å². The Bertz CT molecular complexity index is 1340. The third-order valence-corrected chi connectivity index (χ3v) is 7.82. The van der Waals surface area contributed by atoms with Gasteiger partial charge in [0.2, 0.25) is 0 Å². The second-order valence-corrected chi connectivity index (χ2v) is 10.7. The summed E-state index contributed by atoms with van der Waals surface area (Å²) < 4.78 is 11.9. The Balaban J connectivity index is 1.66. The Labute approximate surface area is 236 Å². The third-order valence-electron chi connectivity index (χ3n) is 5.93. The summed E-state index contributed by atoms with van der Waals surface area (Å²) >= 11 is 19.2. The maximum Gasteiger partial charge on any atom is 0.270 e. The molecule has 1 amide bonds. The van der Waals surface area contributed by atoms with E-state index in [0.29, 0.717) is 36.5 Å². The molecule has 5 nitrogen and oxygen atoms in total. The lowest BCUT2D eigenvalue weighted by Crippen LogP contribution is -2.27. The Morgan fingerprint density at radius 2 is 1.76 bits per heavy atom. The van der Waals surface area contributed by atoms with Gasteiger partial charge in [-0.3, -0.25) is 9.69 Å². The van der Waals surface area contributed by atoms with Crippen LogP contribution in [0.4, 0.5) is 11.4 Å². The molecule has 1 heterocycles. The Morgan fingerprint density at radius 3 is 2.41 bits per heavy atom. The molecule has 192 valence electrons. The molecule has 1 aliphatic heterocycles. The molecule has 4 rings (SSSR count). The molecule has 3 aromatic carbocycles. The summed E-state index contributed by atoms with van der Waals surface area (Å²) in [7, 11) is 1.60. The Kier molecular flexibility index (Phi) is 9.03. The maximum absolute atomic E-state index is 13.3. The molecule has 0 radical (unpaired) electrons. The number of carbonyl (C=O) groups excluding carboxylic acids is 1. The van der Waals surface area contributed by atoms with Gasteiger partial charge in [-0.1, -0.05) is 53.2 Å². The molecule has 1 saturated heterocycles. The normalized spacial score (nSPS) is 14.4. The van der Waals surface area contributed by atoms with Gasteiger partial charge >= 0.3 is 0 Å². The summed E-state index contributed by atoms with van der Waals surface area (Å²) in [6.45, 7) is 6.19. The van der Waals surface area contributed by atoms with Crippen molar-refractivity contribution >= 4 is 74.9 Å². The largest absolute Gasteiger partial charge is 0.497 e. The smallest absolute Gasteiger partial charge is 0.270 e. The van der Waals surface area contributed by atoms with E-state index < -0.39 is 0 Å². The van der Waals surface area contributed by atoms with E-state index in [1.165, 1.54) is 16.7 Å². The number of hydrogen-bond acceptors (Lipinski definition) is 6. The molecule has 37 heavy (non-hydrogen) atoms. The molecule has 0 N–H and O–H groups in total. The monoisotopic (exact) mass is 572 g/mol. The molecule has 1 fully saturated rings. The van der Waals surface area contributed by atoms with E-state index in [-0.39, 0.29) is 12.5 Å². The van der Waals surface area contributed by atoms with Gasteiger partial charge in [0.05, 0.1) is 17.7 Å². The Morgan fingerprint density at radius 1 is 1.03 bits per heavy atom. The average molecular weight is 574 g/mol. The van der Waals surface area contributed by atoms with Gasteiger partial charge in [0.15, 0.2) is 4.32 Å². The summed E-state index contributed by atoms with van der Waals surface area (Å²) in [4.78, 5) is 17.6. The first-order chi connectivity index (χ1) is 17.8. The summed E-state index contributed by atoms with van der Waals surface area (Å²) in [6.07, 6.45) is 1.83. The quantitative estimate of drug-likeness (QED) is 0.192. The van der Waals surface area contributed by atoms with Crippen molar-refractivity contribution in [1.82, 2.24) is 0 Å². The van der Waals surface area contributed by atoms with Gasteiger partial charge in [0.25, 0.3) is 5.91 Å². The van der Waals surface area contributed by atoms with Crippen LogP contribution in [-0.2, 0) is 11.4 Å². The van der Waals surface area contributed by atoms with Crippen LogP contribution in [0.2, 0.25) is 10.0 Å². The number of halogens is 2. The fraction of sp³-hybridized carbons (Fsp3) is 0.214. The molecule has 0 saturated carbocycles. The minimum absolute atomic E-state index is 0.181. The lowest BCUT2D eigenvalue weighted by molar-refractivity contribution is -0.113. The van der Waals surface area contributed by atoms with Gasteiger partial charge in [0.1, 0.15) is 18.1 Å². The lowest BCUT2D eigenvalue weighted by atomic mass is 10.1. The molecule has 0 atom stereocenters. The van der Waals surface area contributed by atoms with Crippen molar-refractivity contribution in [2.45, 2.75) is 20.5 Å². The van der Waals surface area contributed by atoms with Gasteiger partial charge in [-0.25, -0.2) is 0 Å². The highest BCUT2D eigenvalue weighted by Gasteiger charge is 2.33. The van der Waals surface area contributed by atoms with Gasteiger partial charge in [-0.05, 0) is 68.5 Å². The molecule has 3 aromatic rings.